The highest BCUT2D eigenvalue weighted by Crippen LogP contribution is 2.14. The SMILES string of the molecule is Cc1ccc(CCN(CC2CCCO2)C(=O)/C=C/CN(C)C)cc1. The maximum absolute atomic E-state index is 12.6. The second-order valence-corrected chi connectivity index (χ2v) is 6.82. The number of likely N-dealkylation sites (N-methyl/N-ethyl adjacent to an activating group) is 1. The quantitative estimate of drug-likeness (QED) is 0.687. The lowest BCUT2D eigenvalue weighted by Gasteiger charge is -2.24. The summed E-state index contributed by atoms with van der Waals surface area (Å²) in [6.07, 6.45) is 6.84. The summed E-state index contributed by atoms with van der Waals surface area (Å²) >= 11 is 0. The Morgan fingerprint density at radius 1 is 1.29 bits per heavy atom. The molecule has 0 saturated carbocycles. The zero-order valence-corrected chi connectivity index (χ0v) is 15.2. The van der Waals surface area contributed by atoms with Crippen LogP contribution in [0.1, 0.15) is 24.0 Å². The number of carbonyl (C=O) groups excluding carboxylic acids is 1. The molecule has 1 aromatic carbocycles. The molecule has 1 aliphatic heterocycles. The number of hydrogen-bond acceptors (Lipinski definition) is 3. The Kier molecular flexibility index (Phi) is 7.47. The summed E-state index contributed by atoms with van der Waals surface area (Å²) in [5.41, 5.74) is 2.53. The van der Waals surface area contributed by atoms with Gasteiger partial charge in [0.2, 0.25) is 5.91 Å². The highest BCUT2D eigenvalue weighted by molar-refractivity contribution is 5.87. The molecular weight excluding hydrogens is 300 g/mol. The lowest BCUT2D eigenvalue weighted by atomic mass is 10.1. The van der Waals surface area contributed by atoms with Gasteiger partial charge in [-0.25, -0.2) is 0 Å². The zero-order valence-electron chi connectivity index (χ0n) is 15.2. The Morgan fingerprint density at radius 3 is 2.67 bits per heavy atom. The van der Waals surface area contributed by atoms with Gasteiger partial charge in [0.25, 0.3) is 0 Å². The fraction of sp³-hybridized carbons (Fsp3) is 0.550. The number of hydrogen-bond donors (Lipinski definition) is 0. The average Bonchev–Trinajstić information content (AvgIpc) is 3.05. The van der Waals surface area contributed by atoms with Crippen LogP contribution < -0.4 is 0 Å². The Bertz CT molecular complexity index is 531. The van der Waals surface area contributed by atoms with E-state index < -0.39 is 0 Å². The van der Waals surface area contributed by atoms with E-state index in [0.29, 0.717) is 6.54 Å². The minimum atomic E-state index is 0.0828. The molecule has 0 radical (unpaired) electrons. The van der Waals surface area contributed by atoms with Gasteiger partial charge in [0, 0.05) is 32.3 Å². The molecule has 1 saturated heterocycles. The second kappa shape index (κ2) is 9.60. The average molecular weight is 330 g/mol. The van der Waals surface area contributed by atoms with Crippen molar-refractivity contribution in [1.29, 1.82) is 0 Å². The van der Waals surface area contributed by atoms with Crippen LogP contribution in [-0.2, 0) is 16.0 Å². The molecule has 1 fully saturated rings. The highest BCUT2D eigenvalue weighted by Gasteiger charge is 2.21. The van der Waals surface area contributed by atoms with Crippen molar-refractivity contribution in [3.8, 4) is 0 Å². The van der Waals surface area contributed by atoms with Gasteiger partial charge in [0.1, 0.15) is 0 Å². The van der Waals surface area contributed by atoms with E-state index >= 15 is 0 Å². The van der Waals surface area contributed by atoms with E-state index in [1.807, 2.05) is 30.0 Å². The van der Waals surface area contributed by atoms with Crippen LogP contribution in [0.4, 0.5) is 0 Å². The van der Waals surface area contributed by atoms with Gasteiger partial charge in [-0.2, -0.15) is 0 Å². The van der Waals surface area contributed by atoms with E-state index in [9.17, 15) is 4.79 Å². The first-order valence-corrected chi connectivity index (χ1v) is 8.82. The third-order valence-corrected chi connectivity index (χ3v) is 4.28. The normalized spacial score (nSPS) is 17.8. The number of ether oxygens (including phenoxy) is 1. The largest absolute Gasteiger partial charge is 0.376 e. The summed E-state index contributed by atoms with van der Waals surface area (Å²) in [6, 6.07) is 8.54. The van der Waals surface area contributed by atoms with Gasteiger partial charge < -0.3 is 14.5 Å². The summed E-state index contributed by atoms with van der Waals surface area (Å²) in [4.78, 5) is 16.5. The predicted octanol–water partition coefficient (Wildman–Crippen LogP) is 2.66. The van der Waals surface area contributed by atoms with Crippen LogP contribution in [0.3, 0.4) is 0 Å². The van der Waals surface area contributed by atoms with Crippen LogP contribution in [-0.4, -0.2) is 62.1 Å². The second-order valence-electron chi connectivity index (χ2n) is 6.82. The van der Waals surface area contributed by atoms with Crippen molar-refractivity contribution in [2.45, 2.75) is 32.3 Å². The third-order valence-electron chi connectivity index (χ3n) is 4.28. The van der Waals surface area contributed by atoms with Gasteiger partial charge in [-0.05, 0) is 45.8 Å². The molecule has 4 nitrogen and oxygen atoms in total. The standard InChI is InChI=1S/C20H30N2O2/c1-17-8-10-18(11-9-17)12-14-22(16-19-6-5-15-24-19)20(23)7-4-13-21(2)3/h4,7-11,19H,5-6,12-16H2,1-3H3/b7-4+. The van der Waals surface area contributed by atoms with Gasteiger partial charge in [0.15, 0.2) is 0 Å². The van der Waals surface area contributed by atoms with Crippen LogP contribution in [0.25, 0.3) is 0 Å². The smallest absolute Gasteiger partial charge is 0.246 e. The molecule has 1 aromatic rings. The summed E-state index contributed by atoms with van der Waals surface area (Å²) in [5, 5.41) is 0. The molecule has 132 valence electrons. The Balaban J connectivity index is 1.94. The molecule has 1 amide bonds. The summed E-state index contributed by atoms with van der Waals surface area (Å²) in [6.45, 7) is 5.11. The molecule has 1 heterocycles. The molecule has 1 unspecified atom stereocenters. The number of aryl methyl sites for hydroxylation is 1. The first-order chi connectivity index (χ1) is 11.5. The minimum Gasteiger partial charge on any atom is -0.376 e. The molecule has 4 heteroatoms. The van der Waals surface area contributed by atoms with Crippen molar-refractivity contribution in [1.82, 2.24) is 9.80 Å². The molecule has 0 aliphatic carbocycles. The number of carbonyl (C=O) groups is 1. The summed E-state index contributed by atoms with van der Waals surface area (Å²) < 4.78 is 5.72. The van der Waals surface area contributed by atoms with Crippen molar-refractivity contribution in [2.24, 2.45) is 0 Å². The molecule has 0 N–H and O–H groups in total. The number of rotatable bonds is 8. The lowest BCUT2D eigenvalue weighted by Crippen LogP contribution is -2.38. The lowest BCUT2D eigenvalue weighted by molar-refractivity contribution is -0.127. The highest BCUT2D eigenvalue weighted by atomic mass is 16.5. The first kappa shape index (κ1) is 18.7. The van der Waals surface area contributed by atoms with Crippen molar-refractivity contribution in [3.05, 3.63) is 47.5 Å². The Labute approximate surface area is 146 Å². The van der Waals surface area contributed by atoms with E-state index in [-0.39, 0.29) is 12.0 Å². The third kappa shape index (κ3) is 6.46. The number of nitrogens with zero attached hydrogens (tertiary/aromatic N) is 2. The summed E-state index contributed by atoms with van der Waals surface area (Å²) in [5.74, 6) is 0.0828. The van der Waals surface area contributed by atoms with E-state index in [1.54, 1.807) is 6.08 Å². The molecule has 0 spiro atoms. The van der Waals surface area contributed by atoms with E-state index in [4.69, 9.17) is 4.74 Å². The Hall–Kier alpha value is -1.65. The van der Waals surface area contributed by atoms with Crippen molar-refractivity contribution in [2.75, 3.05) is 40.3 Å². The topological polar surface area (TPSA) is 32.8 Å². The van der Waals surface area contributed by atoms with Crippen LogP contribution in [0.5, 0.6) is 0 Å². The molecule has 24 heavy (non-hydrogen) atoms. The predicted molar refractivity (Wildman–Crippen MR) is 98.1 cm³/mol. The van der Waals surface area contributed by atoms with Gasteiger partial charge in [-0.3, -0.25) is 4.79 Å². The number of benzene rings is 1. The van der Waals surface area contributed by atoms with Crippen LogP contribution in [0.15, 0.2) is 36.4 Å². The van der Waals surface area contributed by atoms with Gasteiger partial charge in [-0.1, -0.05) is 35.9 Å². The number of amides is 1. The Morgan fingerprint density at radius 2 is 2.04 bits per heavy atom. The molecule has 0 aromatic heterocycles. The summed E-state index contributed by atoms with van der Waals surface area (Å²) in [7, 11) is 3.99. The zero-order chi connectivity index (χ0) is 17.4. The molecular formula is C20H30N2O2. The fourth-order valence-corrected chi connectivity index (χ4v) is 2.81. The maximum atomic E-state index is 12.6. The van der Waals surface area contributed by atoms with E-state index in [1.165, 1.54) is 11.1 Å². The monoisotopic (exact) mass is 330 g/mol. The molecule has 1 atom stereocenters. The van der Waals surface area contributed by atoms with Crippen LogP contribution in [0.2, 0.25) is 0 Å². The molecule has 0 bridgehead atoms. The van der Waals surface area contributed by atoms with E-state index in [0.717, 1.165) is 39.0 Å². The van der Waals surface area contributed by atoms with E-state index in [2.05, 4.69) is 31.2 Å². The molecule has 1 aliphatic rings. The minimum absolute atomic E-state index is 0.0828. The van der Waals surface area contributed by atoms with Gasteiger partial charge >= 0.3 is 0 Å². The van der Waals surface area contributed by atoms with Crippen LogP contribution in [0, 0.1) is 6.92 Å². The fourth-order valence-electron chi connectivity index (χ4n) is 2.81. The van der Waals surface area contributed by atoms with Crippen molar-refractivity contribution < 1.29 is 9.53 Å². The molecule has 2 rings (SSSR count). The van der Waals surface area contributed by atoms with Gasteiger partial charge in [-0.15, -0.1) is 0 Å². The van der Waals surface area contributed by atoms with Crippen molar-refractivity contribution >= 4 is 5.91 Å². The van der Waals surface area contributed by atoms with Gasteiger partial charge in [0.05, 0.1) is 6.10 Å². The maximum Gasteiger partial charge on any atom is 0.246 e. The van der Waals surface area contributed by atoms with Crippen LogP contribution >= 0.6 is 0 Å². The first-order valence-electron chi connectivity index (χ1n) is 8.82. The van der Waals surface area contributed by atoms with Crippen molar-refractivity contribution in [3.63, 3.8) is 0 Å².